The van der Waals surface area contributed by atoms with E-state index in [0.717, 1.165) is 16.9 Å². The van der Waals surface area contributed by atoms with E-state index in [4.69, 9.17) is 14.2 Å². The highest BCUT2D eigenvalue weighted by atomic mass is 16.6. The molecule has 3 amide bonds. The summed E-state index contributed by atoms with van der Waals surface area (Å²) in [4.78, 5) is 37.3. The van der Waals surface area contributed by atoms with Gasteiger partial charge in [-0.05, 0) is 63.8 Å². The molecule has 0 spiro atoms. The van der Waals surface area contributed by atoms with Gasteiger partial charge in [-0.2, -0.15) is 0 Å². The largest absolute Gasteiger partial charge is 0.497 e. The van der Waals surface area contributed by atoms with E-state index in [9.17, 15) is 14.4 Å². The van der Waals surface area contributed by atoms with Crippen LogP contribution in [-0.2, 0) is 20.9 Å². The second-order valence-electron chi connectivity index (χ2n) is 9.33. The zero-order valence-electron chi connectivity index (χ0n) is 21.6. The van der Waals surface area contributed by atoms with Crippen LogP contribution in [0.15, 0.2) is 54.6 Å². The van der Waals surface area contributed by atoms with Crippen molar-refractivity contribution in [3.05, 3.63) is 65.7 Å². The summed E-state index contributed by atoms with van der Waals surface area (Å²) in [5.41, 5.74) is 1.07. The molecule has 196 valence electrons. The molecule has 0 saturated carbocycles. The predicted octanol–water partition coefficient (Wildman–Crippen LogP) is 4.47. The molecule has 2 rings (SSSR count). The lowest BCUT2D eigenvalue weighted by molar-refractivity contribution is -0.124. The topological polar surface area (TPSA) is 115 Å². The number of ether oxygens (including phenoxy) is 3. The Morgan fingerprint density at radius 3 is 2.19 bits per heavy atom. The summed E-state index contributed by atoms with van der Waals surface area (Å²) in [5.74, 6) is 0.368. The lowest BCUT2D eigenvalue weighted by Gasteiger charge is -2.24. The third-order valence-corrected chi connectivity index (χ3v) is 5.13. The van der Waals surface area contributed by atoms with Crippen molar-refractivity contribution in [2.45, 2.75) is 64.8 Å². The maximum atomic E-state index is 13.0. The van der Waals surface area contributed by atoms with Gasteiger partial charge >= 0.3 is 12.2 Å². The van der Waals surface area contributed by atoms with Crippen molar-refractivity contribution in [2.75, 3.05) is 13.7 Å². The fourth-order valence-electron chi connectivity index (χ4n) is 3.28. The lowest BCUT2D eigenvalue weighted by atomic mass is 10.1. The van der Waals surface area contributed by atoms with E-state index in [0.29, 0.717) is 12.8 Å². The maximum absolute atomic E-state index is 13.0. The first-order chi connectivity index (χ1) is 17.1. The lowest BCUT2D eigenvalue weighted by Crippen LogP contribution is -2.49. The molecule has 0 aromatic heterocycles. The average Bonchev–Trinajstić information content (AvgIpc) is 2.84. The van der Waals surface area contributed by atoms with Gasteiger partial charge in [0.1, 0.15) is 24.0 Å². The van der Waals surface area contributed by atoms with Gasteiger partial charge in [-0.15, -0.1) is 0 Å². The Morgan fingerprint density at radius 1 is 0.917 bits per heavy atom. The highest BCUT2D eigenvalue weighted by Gasteiger charge is 2.25. The van der Waals surface area contributed by atoms with Crippen LogP contribution in [0.4, 0.5) is 9.59 Å². The Labute approximate surface area is 212 Å². The number of amides is 3. The van der Waals surface area contributed by atoms with E-state index in [-0.39, 0.29) is 25.1 Å². The number of methoxy groups -OCH3 is 1. The molecule has 3 N–H and O–H groups in total. The zero-order valence-corrected chi connectivity index (χ0v) is 21.6. The molecule has 0 aliphatic rings. The quantitative estimate of drug-likeness (QED) is 0.393. The molecule has 0 unspecified atom stereocenters. The van der Waals surface area contributed by atoms with Crippen LogP contribution in [0.1, 0.15) is 57.7 Å². The molecule has 0 saturated heterocycles. The van der Waals surface area contributed by atoms with Gasteiger partial charge in [0.15, 0.2) is 0 Å². The van der Waals surface area contributed by atoms with Crippen molar-refractivity contribution >= 4 is 18.1 Å². The monoisotopic (exact) mass is 499 g/mol. The minimum atomic E-state index is -0.845. The third kappa shape index (κ3) is 10.7. The number of hydrogen-bond acceptors (Lipinski definition) is 6. The Balaban J connectivity index is 1.89. The van der Waals surface area contributed by atoms with Gasteiger partial charge in [-0.3, -0.25) is 4.79 Å². The Kier molecular flexibility index (Phi) is 11.1. The highest BCUT2D eigenvalue weighted by molar-refractivity contribution is 5.86. The highest BCUT2D eigenvalue weighted by Crippen LogP contribution is 2.17. The van der Waals surface area contributed by atoms with E-state index in [1.807, 2.05) is 61.5 Å². The van der Waals surface area contributed by atoms with Crippen LogP contribution in [0.25, 0.3) is 0 Å². The molecule has 0 radical (unpaired) electrons. The van der Waals surface area contributed by atoms with Gasteiger partial charge in [-0.1, -0.05) is 42.5 Å². The van der Waals surface area contributed by atoms with Crippen LogP contribution in [0.2, 0.25) is 0 Å². The van der Waals surface area contributed by atoms with E-state index in [1.165, 1.54) is 0 Å². The molecular weight excluding hydrogens is 462 g/mol. The molecule has 0 aliphatic carbocycles. The van der Waals surface area contributed by atoms with Gasteiger partial charge in [0, 0.05) is 6.54 Å². The van der Waals surface area contributed by atoms with Gasteiger partial charge in [0.25, 0.3) is 0 Å². The van der Waals surface area contributed by atoms with Crippen LogP contribution in [-0.4, -0.2) is 43.4 Å². The van der Waals surface area contributed by atoms with E-state index < -0.39 is 23.8 Å². The Hall–Kier alpha value is -3.75. The Bertz CT molecular complexity index is 973. The number of benzene rings is 2. The predicted molar refractivity (Wildman–Crippen MR) is 137 cm³/mol. The summed E-state index contributed by atoms with van der Waals surface area (Å²) in [6.45, 7) is 7.55. The minimum Gasteiger partial charge on any atom is -0.497 e. The van der Waals surface area contributed by atoms with Crippen molar-refractivity contribution in [3.8, 4) is 5.75 Å². The first-order valence-electron chi connectivity index (χ1n) is 12.0. The standard InChI is InChI=1S/C27H37N3O6/c1-19(21-13-15-22(34-5)16-14-21)29-24(31)23(30-26(33)36-27(2,3)4)12-9-17-28-25(32)35-18-20-10-7-6-8-11-20/h6-8,10-11,13-16,19,23H,9,12,17-18H2,1-5H3,(H,28,32)(H,29,31)(H,30,33)/t19-,23-/m1/s1. The van der Waals surface area contributed by atoms with Crippen LogP contribution < -0.4 is 20.7 Å². The smallest absolute Gasteiger partial charge is 0.408 e. The van der Waals surface area contributed by atoms with Crippen LogP contribution in [0.3, 0.4) is 0 Å². The van der Waals surface area contributed by atoms with Gasteiger partial charge in [0.05, 0.1) is 13.2 Å². The molecule has 2 aromatic carbocycles. The maximum Gasteiger partial charge on any atom is 0.408 e. The first-order valence-corrected chi connectivity index (χ1v) is 12.0. The number of carbonyl (C=O) groups is 3. The zero-order chi connectivity index (χ0) is 26.6. The SMILES string of the molecule is COc1ccc([C@@H](C)NC(=O)[C@@H](CCCNC(=O)OCc2ccccc2)NC(=O)OC(C)(C)C)cc1. The molecule has 36 heavy (non-hydrogen) atoms. The number of alkyl carbamates (subject to hydrolysis) is 2. The third-order valence-electron chi connectivity index (χ3n) is 5.13. The van der Waals surface area contributed by atoms with Crippen molar-refractivity contribution in [3.63, 3.8) is 0 Å². The van der Waals surface area contributed by atoms with Crippen molar-refractivity contribution in [1.82, 2.24) is 16.0 Å². The Morgan fingerprint density at radius 2 is 1.58 bits per heavy atom. The second-order valence-corrected chi connectivity index (χ2v) is 9.33. The van der Waals surface area contributed by atoms with Gasteiger partial charge in [-0.25, -0.2) is 9.59 Å². The van der Waals surface area contributed by atoms with E-state index >= 15 is 0 Å². The average molecular weight is 500 g/mol. The number of carbonyl (C=O) groups excluding carboxylic acids is 3. The van der Waals surface area contributed by atoms with Gasteiger partial charge in [0.2, 0.25) is 5.91 Å². The molecule has 0 fully saturated rings. The van der Waals surface area contributed by atoms with Gasteiger partial charge < -0.3 is 30.2 Å². The number of hydrogen-bond donors (Lipinski definition) is 3. The first kappa shape index (κ1) is 28.5. The number of rotatable bonds is 11. The van der Waals surface area contributed by atoms with Crippen molar-refractivity contribution in [1.29, 1.82) is 0 Å². The molecule has 9 nitrogen and oxygen atoms in total. The van der Waals surface area contributed by atoms with E-state index in [2.05, 4.69) is 16.0 Å². The molecular formula is C27H37N3O6. The van der Waals surface area contributed by atoms with E-state index in [1.54, 1.807) is 27.9 Å². The second kappa shape index (κ2) is 14.0. The van der Waals surface area contributed by atoms with Crippen LogP contribution >= 0.6 is 0 Å². The molecule has 0 aliphatic heterocycles. The molecule has 2 aromatic rings. The van der Waals surface area contributed by atoms with Crippen LogP contribution in [0.5, 0.6) is 5.75 Å². The van der Waals surface area contributed by atoms with Crippen LogP contribution in [0, 0.1) is 0 Å². The minimum absolute atomic E-state index is 0.168. The van der Waals surface area contributed by atoms with Crippen molar-refractivity contribution < 1.29 is 28.6 Å². The fraction of sp³-hybridized carbons (Fsp3) is 0.444. The molecule has 9 heteroatoms. The molecule has 0 bridgehead atoms. The normalized spacial score (nSPS) is 12.6. The summed E-state index contributed by atoms with van der Waals surface area (Å²) in [5, 5.41) is 8.24. The molecule has 2 atom stereocenters. The number of nitrogens with one attached hydrogen (secondary N) is 3. The molecule has 0 heterocycles. The van der Waals surface area contributed by atoms with Crippen molar-refractivity contribution in [2.24, 2.45) is 0 Å². The summed E-state index contributed by atoms with van der Waals surface area (Å²) in [6.07, 6.45) is -0.506. The summed E-state index contributed by atoms with van der Waals surface area (Å²) in [7, 11) is 1.59. The summed E-state index contributed by atoms with van der Waals surface area (Å²) < 4.78 is 15.7. The summed E-state index contributed by atoms with van der Waals surface area (Å²) in [6, 6.07) is 15.6. The summed E-state index contributed by atoms with van der Waals surface area (Å²) >= 11 is 0. The fourth-order valence-corrected chi connectivity index (χ4v) is 3.28.